The standard InChI is InChI=1S/C19H23N3O3/c23-17-9-11-21(12-10-17)14-16-6-2-1-5-15(16)13-20-18-7-3-4-8-19(18)22(24)25/h1-8,17,20,23H,9-14H2. The van der Waals surface area contributed by atoms with Crippen molar-refractivity contribution in [2.75, 3.05) is 18.4 Å². The second-order valence-corrected chi connectivity index (χ2v) is 6.40. The number of nitro benzene ring substituents is 1. The number of likely N-dealkylation sites (tertiary alicyclic amines) is 1. The summed E-state index contributed by atoms with van der Waals surface area (Å²) in [5.41, 5.74) is 2.96. The lowest BCUT2D eigenvalue weighted by Gasteiger charge is -2.30. The first kappa shape index (κ1) is 17.4. The van der Waals surface area contributed by atoms with E-state index < -0.39 is 0 Å². The fourth-order valence-corrected chi connectivity index (χ4v) is 3.18. The van der Waals surface area contributed by atoms with Crippen molar-refractivity contribution in [1.29, 1.82) is 0 Å². The maximum atomic E-state index is 11.1. The van der Waals surface area contributed by atoms with Crippen molar-refractivity contribution in [3.05, 3.63) is 69.8 Å². The third kappa shape index (κ3) is 4.55. The summed E-state index contributed by atoms with van der Waals surface area (Å²) in [5.74, 6) is 0. The van der Waals surface area contributed by atoms with E-state index >= 15 is 0 Å². The summed E-state index contributed by atoms with van der Waals surface area (Å²) in [4.78, 5) is 13.1. The molecule has 6 nitrogen and oxygen atoms in total. The van der Waals surface area contributed by atoms with Crippen LogP contribution >= 0.6 is 0 Å². The number of nitrogens with zero attached hydrogens (tertiary/aromatic N) is 2. The molecule has 0 bridgehead atoms. The first-order chi connectivity index (χ1) is 12.1. The van der Waals surface area contributed by atoms with Crippen LogP contribution in [0.15, 0.2) is 48.5 Å². The number of aliphatic hydroxyl groups excluding tert-OH is 1. The van der Waals surface area contributed by atoms with Gasteiger partial charge in [0.05, 0.1) is 11.0 Å². The number of nitrogens with one attached hydrogen (secondary N) is 1. The number of hydrogen-bond donors (Lipinski definition) is 2. The summed E-state index contributed by atoms with van der Waals surface area (Å²) < 4.78 is 0. The molecular formula is C19H23N3O3. The summed E-state index contributed by atoms with van der Waals surface area (Å²) in [6, 6.07) is 14.8. The van der Waals surface area contributed by atoms with E-state index in [-0.39, 0.29) is 16.7 Å². The maximum absolute atomic E-state index is 11.1. The Kier molecular flexibility index (Phi) is 5.63. The van der Waals surface area contributed by atoms with Gasteiger partial charge in [-0.2, -0.15) is 0 Å². The predicted octanol–water partition coefficient (Wildman–Crippen LogP) is 3.16. The van der Waals surface area contributed by atoms with E-state index in [1.54, 1.807) is 18.2 Å². The average molecular weight is 341 g/mol. The quantitative estimate of drug-likeness (QED) is 0.623. The molecule has 0 saturated carbocycles. The first-order valence-electron chi connectivity index (χ1n) is 8.58. The van der Waals surface area contributed by atoms with Gasteiger partial charge in [0.2, 0.25) is 0 Å². The topological polar surface area (TPSA) is 78.6 Å². The molecule has 1 aliphatic rings. The van der Waals surface area contributed by atoms with Crippen LogP contribution < -0.4 is 5.32 Å². The average Bonchev–Trinajstić information content (AvgIpc) is 2.63. The van der Waals surface area contributed by atoms with Crippen LogP contribution in [0.4, 0.5) is 11.4 Å². The third-order valence-corrected chi connectivity index (χ3v) is 4.64. The highest BCUT2D eigenvalue weighted by Crippen LogP contribution is 2.24. The molecular weight excluding hydrogens is 318 g/mol. The molecule has 0 spiro atoms. The molecule has 0 aliphatic carbocycles. The summed E-state index contributed by atoms with van der Waals surface area (Å²) in [5, 5.41) is 24.0. The number of rotatable bonds is 6. The minimum absolute atomic E-state index is 0.0880. The van der Waals surface area contributed by atoms with Crippen LogP contribution in [0.5, 0.6) is 0 Å². The van der Waals surface area contributed by atoms with Gasteiger partial charge in [-0.05, 0) is 30.0 Å². The molecule has 2 aromatic carbocycles. The predicted molar refractivity (Wildman–Crippen MR) is 97.4 cm³/mol. The molecule has 1 aliphatic heterocycles. The van der Waals surface area contributed by atoms with Crippen molar-refractivity contribution in [3.8, 4) is 0 Å². The smallest absolute Gasteiger partial charge is 0.292 e. The van der Waals surface area contributed by atoms with Crippen molar-refractivity contribution < 1.29 is 10.0 Å². The molecule has 1 heterocycles. The SMILES string of the molecule is O=[N+]([O-])c1ccccc1NCc1ccccc1CN1CCC(O)CC1. The lowest BCUT2D eigenvalue weighted by atomic mass is 10.0. The minimum atomic E-state index is -0.368. The van der Waals surface area contributed by atoms with Gasteiger partial charge in [0.15, 0.2) is 0 Å². The molecule has 0 radical (unpaired) electrons. The molecule has 1 saturated heterocycles. The molecule has 3 rings (SSSR count). The van der Waals surface area contributed by atoms with E-state index in [4.69, 9.17) is 0 Å². The lowest BCUT2D eigenvalue weighted by molar-refractivity contribution is -0.384. The summed E-state index contributed by atoms with van der Waals surface area (Å²) in [7, 11) is 0. The third-order valence-electron chi connectivity index (χ3n) is 4.64. The molecule has 25 heavy (non-hydrogen) atoms. The van der Waals surface area contributed by atoms with Gasteiger partial charge in [-0.1, -0.05) is 36.4 Å². The highest BCUT2D eigenvalue weighted by Gasteiger charge is 2.18. The van der Waals surface area contributed by atoms with Crippen LogP contribution in [-0.2, 0) is 13.1 Å². The normalized spacial score (nSPS) is 15.9. The zero-order valence-electron chi connectivity index (χ0n) is 14.1. The van der Waals surface area contributed by atoms with E-state index in [1.165, 1.54) is 11.6 Å². The van der Waals surface area contributed by atoms with E-state index in [0.29, 0.717) is 12.2 Å². The molecule has 0 atom stereocenters. The minimum Gasteiger partial charge on any atom is -0.393 e. The molecule has 0 amide bonds. The zero-order valence-corrected chi connectivity index (χ0v) is 14.1. The number of hydrogen-bond acceptors (Lipinski definition) is 5. The summed E-state index contributed by atoms with van der Waals surface area (Å²) in [6.45, 7) is 3.17. The Bertz CT molecular complexity index is 727. The molecule has 2 aromatic rings. The summed E-state index contributed by atoms with van der Waals surface area (Å²) in [6.07, 6.45) is 1.46. The van der Waals surface area contributed by atoms with Gasteiger partial charge in [-0.3, -0.25) is 15.0 Å². The van der Waals surface area contributed by atoms with Crippen LogP contribution in [0.3, 0.4) is 0 Å². The Morgan fingerprint density at radius 2 is 1.72 bits per heavy atom. The molecule has 132 valence electrons. The van der Waals surface area contributed by atoms with Crippen molar-refractivity contribution in [1.82, 2.24) is 4.90 Å². The second-order valence-electron chi connectivity index (χ2n) is 6.40. The van der Waals surface area contributed by atoms with E-state index in [9.17, 15) is 15.2 Å². The monoisotopic (exact) mass is 341 g/mol. The van der Waals surface area contributed by atoms with Gasteiger partial charge in [0, 0.05) is 32.2 Å². The lowest BCUT2D eigenvalue weighted by Crippen LogP contribution is -2.35. The Morgan fingerprint density at radius 3 is 2.44 bits per heavy atom. The second kappa shape index (κ2) is 8.09. The van der Waals surface area contributed by atoms with E-state index in [0.717, 1.165) is 38.0 Å². The first-order valence-corrected chi connectivity index (χ1v) is 8.58. The van der Waals surface area contributed by atoms with Crippen molar-refractivity contribution in [3.63, 3.8) is 0 Å². The number of aliphatic hydroxyl groups is 1. The van der Waals surface area contributed by atoms with Gasteiger partial charge >= 0.3 is 0 Å². The van der Waals surface area contributed by atoms with Crippen molar-refractivity contribution >= 4 is 11.4 Å². The van der Waals surface area contributed by atoms with Gasteiger partial charge in [-0.15, -0.1) is 0 Å². The van der Waals surface area contributed by atoms with Crippen LogP contribution in [0, 0.1) is 10.1 Å². The van der Waals surface area contributed by atoms with Gasteiger partial charge < -0.3 is 10.4 Å². The largest absolute Gasteiger partial charge is 0.393 e. The number of para-hydroxylation sites is 2. The number of benzene rings is 2. The Labute approximate surface area is 147 Å². The van der Waals surface area contributed by atoms with Gasteiger partial charge in [0.25, 0.3) is 5.69 Å². The Balaban J connectivity index is 1.68. The van der Waals surface area contributed by atoms with Crippen LogP contribution in [0.1, 0.15) is 24.0 Å². The Morgan fingerprint density at radius 1 is 1.08 bits per heavy atom. The molecule has 2 N–H and O–H groups in total. The van der Waals surface area contributed by atoms with Crippen LogP contribution in [-0.4, -0.2) is 34.1 Å². The molecule has 0 unspecified atom stereocenters. The van der Waals surface area contributed by atoms with Crippen LogP contribution in [0.25, 0.3) is 0 Å². The highest BCUT2D eigenvalue weighted by molar-refractivity contribution is 5.61. The number of piperidine rings is 1. The fourth-order valence-electron chi connectivity index (χ4n) is 3.18. The van der Waals surface area contributed by atoms with Gasteiger partial charge in [0.1, 0.15) is 5.69 Å². The van der Waals surface area contributed by atoms with Crippen molar-refractivity contribution in [2.45, 2.75) is 32.0 Å². The van der Waals surface area contributed by atoms with E-state index in [2.05, 4.69) is 22.3 Å². The summed E-state index contributed by atoms with van der Waals surface area (Å²) >= 11 is 0. The highest BCUT2D eigenvalue weighted by atomic mass is 16.6. The van der Waals surface area contributed by atoms with Crippen molar-refractivity contribution in [2.24, 2.45) is 0 Å². The fraction of sp³-hybridized carbons (Fsp3) is 0.368. The number of anilines is 1. The molecule has 0 aromatic heterocycles. The van der Waals surface area contributed by atoms with Gasteiger partial charge in [-0.25, -0.2) is 0 Å². The molecule has 1 fully saturated rings. The number of nitro groups is 1. The molecule has 6 heteroatoms. The maximum Gasteiger partial charge on any atom is 0.292 e. The van der Waals surface area contributed by atoms with Crippen LogP contribution in [0.2, 0.25) is 0 Å². The van der Waals surface area contributed by atoms with E-state index in [1.807, 2.05) is 12.1 Å². The zero-order chi connectivity index (χ0) is 17.6. The Hall–Kier alpha value is -2.44.